The second kappa shape index (κ2) is 13.9. The molecule has 0 N–H and O–H groups in total. The van der Waals surface area contributed by atoms with Gasteiger partial charge in [-0.15, -0.1) is 0 Å². The van der Waals surface area contributed by atoms with Crippen molar-refractivity contribution in [1.82, 2.24) is 4.98 Å². The molecule has 6 nitrogen and oxygen atoms in total. The van der Waals surface area contributed by atoms with Crippen LogP contribution in [0.2, 0.25) is 10.0 Å². The Hall–Kier alpha value is 0.963. The van der Waals surface area contributed by atoms with Crippen LogP contribution in [0, 0.1) is 11.3 Å². The van der Waals surface area contributed by atoms with Crippen LogP contribution in [0.3, 0.4) is 0 Å². The maximum atomic E-state index is 13.2. The predicted molar refractivity (Wildman–Crippen MR) is 109 cm³/mol. The Balaban J connectivity index is 0.000000790. The van der Waals surface area contributed by atoms with Crippen molar-refractivity contribution in [2.45, 2.75) is 45.6 Å². The second-order valence-electron chi connectivity index (χ2n) is 7.84. The number of Topliss-reactive ketones (excluding diaryl/α,β-unsaturated/α-hetero) is 1. The summed E-state index contributed by atoms with van der Waals surface area (Å²) < 4.78 is 5.89. The fraction of sp³-hybridized carbons (Fsp3) is 0.409. The Kier molecular flexibility index (Phi) is 13.5. The molecule has 1 heterocycles. The van der Waals surface area contributed by atoms with E-state index in [9.17, 15) is 4.79 Å². The quantitative estimate of drug-likeness (QED) is 0.406. The molecule has 0 aliphatic heterocycles. The number of aromatic nitrogens is 1. The number of ether oxygens (including phenoxy) is 1. The van der Waals surface area contributed by atoms with E-state index in [2.05, 4.69) is 11.9 Å². The van der Waals surface area contributed by atoms with E-state index < -0.39 is 6.16 Å². The molecule has 0 saturated heterocycles. The van der Waals surface area contributed by atoms with Crippen LogP contribution >= 0.6 is 23.2 Å². The van der Waals surface area contributed by atoms with Gasteiger partial charge in [0.25, 0.3) is 0 Å². The number of nitrogens with zero attached hydrogens (tertiary/aromatic N) is 1. The summed E-state index contributed by atoms with van der Waals surface area (Å²) in [6.45, 7) is 2.45. The Morgan fingerprint density at radius 2 is 1.84 bits per heavy atom. The topological polar surface area (TPSA) is 102 Å². The molecule has 160 valence electrons. The number of carbonyl (C=O) groups is 2. The zero-order chi connectivity index (χ0) is 21.9. The van der Waals surface area contributed by atoms with Crippen LogP contribution in [0.25, 0.3) is 0 Å². The molecule has 32 heavy (non-hydrogen) atoms. The molecular formula is C22H21Cl2K2NO5. The van der Waals surface area contributed by atoms with Gasteiger partial charge in [0, 0.05) is 28.9 Å². The van der Waals surface area contributed by atoms with Gasteiger partial charge < -0.3 is 19.7 Å². The van der Waals surface area contributed by atoms with Crippen LogP contribution in [-0.2, 0) is 13.0 Å². The van der Waals surface area contributed by atoms with Crippen LogP contribution in [0.1, 0.15) is 54.1 Å². The van der Waals surface area contributed by atoms with Gasteiger partial charge in [-0.1, -0.05) is 49.0 Å². The van der Waals surface area contributed by atoms with Gasteiger partial charge in [-0.2, -0.15) is 0 Å². The van der Waals surface area contributed by atoms with Crippen molar-refractivity contribution in [3.63, 3.8) is 0 Å². The smallest absolute Gasteiger partial charge is 0.652 e. The van der Waals surface area contributed by atoms with Gasteiger partial charge >= 0.3 is 103 Å². The SMILES string of the molecule is CC1(C2CCCC2)Cc2cc(OCc3cccnc3)c(Cl)c(Cl)c2C1=O.O=C([O-])[O-].[K+].[K+]. The average molecular weight is 529 g/mol. The molecule has 1 unspecified atom stereocenters. The number of rotatable bonds is 4. The third kappa shape index (κ3) is 7.24. The van der Waals surface area contributed by atoms with E-state index in [-0.39, 0.29) is 114 Å². The maximum absolute atomic E-state index is 13.2. The minimum atomic E-state index is -2.33. The van der Waals surface area contributed by atoms with Gasteiger partial charge in [0.2, 0.25) is 0 Å². The van der Waals surface area contributed by atoms with Crippen molar-refractivity contribution in [3.8, 4) is 5.75 Å². The van der Waals surface area contributed by atoms with Gasteiger partial charge in [0.15, 0.2) is 5.78 Å². The Morgan fingerprint density at radius 1 is 1.22 bits per heavy atom. The number of halogens is 2. The number of carbonyl (C=O) groups excluding carboxylic acids is 2. The Labute approximate surface area is 282 Å². The van der Waals surface area contributed by atoms with E-state index in [1.54, 1.807) is 12.4 Å². The van der Waals surface area contributed by atoms with E-state index in [1.807, 2.05) is 18.2 Å². The molecule has 1 aromatic carbocycles. The fourth-order valence-corrected chi connectivity index (χ4v) is 4.95. The van der Waals surface area contributed by atoms with Crippen LogP contribution in [0.5, 0.6) is 5.75 Å². The molecule has 0 bridgehead atoms. The van der Waals surface area contributed by atoms with Crippen molar-refractivity contribution < 1.29 is 127 Å². The molecule has 2 aromatic rings. The summed E-state index contributed by atoms with van der Waals surface area (Å²) in [6.07, 6.45) is 6.50. The molecule has 1 atom stereocenters. The first-order chi connectivity index (χ1) is 14.2. The van der Waals surface area contributed by atoms with Gasteiger partial charge in [0.05, 0.1) is 5.02 Å². The summed E-state index contributed by atoms with van der Waals surface area (Å²) >= 11 is 12.9. The summed E-state index contributed by atoms with van der Waals surface area (Å²) in [6, 6.07) is 5.70. The number of ketones is 1. The summed E-state index contributed by atoms with van der Waals surface area (Å²) in [5.41, 5.74) is 2.14. The molecule has 0 spiro atoms. The van der Waals surface area contributed by atoms with E-state index in [0.717, 1.165) is 24.0 Å². The van der Waals surface area contributed by atoms with Gasteiger partial charge in [0.1, 0.15) is 17.4 Å². The molecular weight excluding hydrogens is 507 g/mol. The Bertz CT molecular complexity index is 951. The van der Waals surface area contributed by atoms with E-state index >= 15 is 0 Å². The number of carboxylic acid groups (broad SMARTS) is 2. The maximum Gasteiger partial charge on any atom is 1.00 e. The van der Waals surface area contributed by atoms with Crippen LogP contribution in [0.15, 0.2) is 30.6 Å². The monoisotopic (exact) mass is 527 g/mol. The molecule has 2 aliphatic rings. The van der Waals surface area contributed by atoms with Gasteiger partial charge in [-0.3, -0.25) is 9.78 Å². The summed E-state index contributed by atoms with van der Waals surface area (Å²) in [5, 5.41) is 17.3. The third-order valence-electron chi connectivity index (χ3n) is 5.93. The van der Waals surface area contributed by atoms with E-state index in [1.165, 1.54) is 12.8 Å². The number of hydrogen-bond acceptors (Lipinski definition) is 6. The third-order valence-corrected chi connectivity index (χ3v) is 6.78. The van der Waals surface area contributed by atoms with E-state index in [4.69, 9.17) is 42.9 Å². The number of hydrogen-bond donors (Lipinski definition) is 0. The van der Waals surface area contributed by atoms with Gasteiger partial charge in [-0.05, 0) is 49.0 Å². The molecule has 0 amide bonds. The van der Waals surface area contributed by atoms with Gasteiger partial charge in [-0.25, -0.2) is 0 Å². The summed E-state index contributed by atoms with van der Waals surface area (Å²) in [4.78, 5) is 25.6. The molecule has 1 saturated carbocycles. The first kappa shape index (κ1) is 31.0. The average Bonchev–Trinajstić information content (AvgIpc) is 3.32. The van der Waals surface area contributed by atoms with Crippen molar-refractivity contribution in [1.29, 1.82) is 0 Å². The summed E-state index contributed by atoms with van der Waals surface area (Å²) in [5.74, 6) is 1.10. The minimum absolute atomic E-state index is 0. The summed E-state index contributed by atoms with van der Waals surface area (Å²) in [7, 11) is 0. The van der Waals surface area contributed by atoms with Crippen LogP contribution in [-0.4, -0.2) is 16.9 Å². The Morgan fingerprint density at radius 3 is 2.41 bits per heavy atom. The number of fused-ring (bicyclic) bond motifs is 1. The molecule has 1 aromatic heterocycles. The molecule has 1 fully saturated rings. The molecule has 2 aliphatic carbocycles. The van der Waals surface area contributed by atoms with Crippen molar-refractivity contribution in [3.05, 3.63) is 57.3 Å². The number of pyridine rings is 1. The zero-order valence-corrected chi connectivity index (χ0v) is 26.2. The first-order valence-corrected chi connectivity index (χ1v) is 10.4. The molecule has 4 rings (SSSR count). The normalized spacial score (nSPS) is 19.2. The standard InChI is InChI=1S/C21H21Cl2NO2.CH2O3.2K/c1-21(15-6-2-3-7-15)10-14-9-16(18(22)19(23)17(14)20(21)25)26-12-13-5-4-8-24-11-13;2-1(3)4;;/h4-5,8-9,11,15H,2-3,6-7,10,12H2,1H3;(H2,2,3,4);;/q;;2*+1/p-2. The number of benzene rings is 1. The largest absolute Gasteiger partial charge is 1.00 e. The fourth-order valence-electron chi connectivity index (χ4n) is 4.44. The van der Waals surface area contributed by atoms with Crippen LogP contribution in [0.4, 0.5) is 4.79 Å². The molecule has 10 heteroatoms. The second-order valence-corrected chi connectivity index (χ2v) is 8.60. The van der Waals surface area contributed by atoms with Crippen molar-refractivity contribution >= 4 is 35.1 Å². The first-order valence-electron chi connectivity index (χ1n) is 9.69. The van der Waals surface area contributed by atoms with Crippen molar-refractivity contribution in [2.24, 2.45) is 11.3 Å². The van der Waals surface area contributed by atoms with E-state index in [0.29, 0.717) is 40.3 Å². The van der Waals surface area contributed by atoms with Crippen molar-refractivity contribution in [2.75, 3.05) is 0 Å². The minimum Gasteiger partial charge on any atom is -0.652 e. The zero-order valence-electron chi connectivity index (χ0n) is 18.5. The predicted octanol–water partition coefficient (Wildman–Crippen LogP) is -2.54. The van der Waals surface area contributed by atoms with Crippen LogP contribution < -0.4 is 118 Å². The molecule has 0 radical (unpaired) electrons.